The number of amides is 1. The molecule has 1 aromatic carbocycles. The lowest BCUT2D eigenvalue weighted by molar-refractivity contribution is -0.129. The second kappa shape index (κ2) is 6.72. The summed E-state index contributed by atoms with van der Waals surface area (Å²) in [6, 6.07) is 7.70. The Morgan fingerprint density at radius 2 is 2.20 bits per heavy atom. The van der Waals surface area contributed by atoms with Crippen LogP contribution in [-0.2, 0) is 16.1 Å². The fourth-order valence-electron chi connectivity index (χ4n) is 2.23. The van der Waals surface area contributed by atoms with Crippen LogP contribution in [0.15, 0.2) is 24.3 Å². The molecule has 2 rings (SSSR count). The Labute approximate surface area is 119 Å². The van der Waals surface area contributed by atoms with Gasteiger partial charge in [0.05, 0.1) is 12.1 Å². The van der Waals surface area contributed by atoms with Crippen LogP contribution >= 0.6 is 0 Å². The van der Waals surface area contributed by atoms with Crippen LogP contribution in [-0.4, -0.2) is 31.3 Å². The molecule has 0 atom stereocenters. The van der Waals surface area contributed by atoms with Gasteiger partial charge in [-0.05, 0) is 37.5 Å². The number of nitrogens with two attached hydrogens (primary N) is 1. The highest BCUT2D eigenvalue weighted by atomic mass is 16.5. The average Bonchev–Trinajstić information content (AvgIpc) is 2.46. The molecular formula is C15H22N2O3. The van der Waals surface area contributed by atoms with E-state index in [1.54, 1.807) is 0 Å². The Morgan fingerprint density at radius 3 is 2.90 bits per heavy atom. The summed E-state index contributed by atoms with van der Waals surface area (Å²) >= 11 is 0. The SMILES string of the molecule is CCOc1cccc(CNC(=O)C2(N)CCOCC2)c1. The van der Waals surface area contributed by atoms with Crippen molar-refractivity contribution in [1.82, 2.24) is 5.32 Å². The molecule has 0 spiro atoms. The maximum absolute atomic E-state index is 12.2. The third-order valence-electron chi connectivity index (χ3n) is 3.50. The molecule has 5 nitrogen and oxygen atoms in total. The van der Waals surface area contributed by atoms with E-state index in [2.05, 4.69) is 5.32 Å². The van der Waals surface area contributed by atoms with E-state index in [0.29, 0.717) is 39.2 Å². The van der Waals surface area contributed by atoms with Crippen molar-refractivity contribution in [2.24, 2.45) is 5.73 Å². The van der Waals surface area contributed by atoms with Gasteiger partial charge in [-0.25, -0.2) is 0 Å². The minimum atomic E-state index is -0.796. The lowest BCUT2D eigenvalue weighted by Crippen LogP contribution is -2.56. The van der Waals surface area contributed by atoms with Crippen molar-refractivity contribution in [1.29, 1.82) is 0 Å². The van der Waals surface area contributed by atoms with Crippen LogP contribution in [0.3, 0.4) is 0 Å². The van der Waals surface area contributed by atoms with Crippen LogP contribution in [0, 0.1) is 0 Å². The average molecular weight is 278 g/mol. The van der Waals surface area contributed by atoms with Crippen molar-refractivity contribution in [3.8, 4) is 5.75 Å². The number of ether oxygens (including phenoxy) is 2. The molecule has 1 heterocycles. The second-order valence-corrected chi connectivity index (χ2v) is 5.03. The van der Waals surface area contributed by atoms with E-state index >= 15 is 0 Å². The van der Waals surface area contributed by atoms with Gasteiger partial charge in [-0.15, -0.1) is 0 Å². The van der Waals surface area contributed by atoms with Gasteiger partial charge in [0, 0.05) is 19.8 Å². The van der Waals surface area contributed by atoms with Gasteiger partial charge in [0.2, 0.25) is 5.91 Å². The molecule has 110 valence electrons. The molecule has 1 aromatic rings. The number of nitrogens with one attached hydrogen (secondary N) is 1. The van der Waals surface area contributed by atoms with E-state index in [0.717, 1.165) is 11.3 Å². The third kappa shape index (κ3) is 3.71. The molecule has 1 saturated heterocycles. The van der Waals surface area contributed by atoms with Crippen LogP contribution < -0.4 is 15.8 Å². The monoisotopic (exact) mass is 278 g/mol. The standard InChI is InChI=1S/C15H22N2O3/c1-2-20-13-5-3-4-12(10-13)11-17-14(18)15(16)6-8-19-9-7-15/h3-5,10H,2,6-9,11,16H2,1H3,(H,17,18). The Kier molecular flexibility index (Phi) is 4.98. The summed E-state index contributed by atoms with van der Waals surface area (Å²) in [6.45, 7) is 4.12. The highest BCUT2D eigenvalue weighted by molar-refractivity contribution is 5.86. The lowest BCUT2D eigenvalue weighted by Gasteiger charge is -2.31. The maximum atomic E-state index is 12.2. The second-order valence-electron chi connectivity index (χ2n) is 5.03. The van der Waals surface area contributed by atoms with Crippen molar-refractivity contribution in [3.05, 3.63) is 29.8 Å². The van der Waals surface area contributed by atoms with Gasteiger partial charge in [-0.2, -0.15) is 0 Å². The van der Waals surface area contributed by atoms with Gasteiger partial charge in [0.1, 0.15) is 5.75 Å². The van der Waals surface area contributed by atoms with Gasteiger partial charge in [-0.3, -0.25) is 4.79 Å². The molecule has 1 amide bonds. The topological polar surface area (TPSA) is 73.6 Å². The molecule has 1 aliphatic heterocycles. The normalized spacial score (nSPS) is 17.5. The van der Waals surface area contributed by atoms with Crippen LogP contribution in [0.25, 0.3) is 0 Å². The van der Waals surface area contributed by atoms with Crippen molar-refractivity contribution < 1.29 is 14.3 Å². The summed E-state index contributed by atoms with van der Waals surface area (Å²) in [4.78, 5) is 12.2. The Morgan fingerprint density at radius 1 is 1.45 bits per heavy atom. The first-order valence-electron chi connectivity index (χ1n) is 7.01. The molecule has 20 heavy (non-hydrogen) atoms. The zero-order valence-corrected chi connectivity index (χ0v) is 11.9. The summed E-state index contributed by atoms with van der Waals surface area (Å²) in [6.07, 6.45) is 1.13. The fourth-order valence-corrected chi connectivity index (χ4v) is 2.23. The first-order chi connectivity index (χ1) is 9.64. The molecule has 0 radical (unpaired) electrons. The summed E-state index contributed by atoms with van der Waals surface area (Å²) < 4.78 is 10.7. The highest BCUT2D eigenvalue weighted by Gasteiger charge is 2.35. The number of rotatable bonds is 5. The Hall–Kier alpha value is -1.59. The predicted molar refractivity (Wildman–Crippen MR) is 76.4 cm³/mol. The van der Waals surface area contributed by atoms with E-state index in [9.17, 15) is 4.79 Å². The number of carbonyl (C=O) groups excluding carboxylic acids is 1. The van der Waals surface area contributed by atoms with E-state index < -0.39 is 5.54 Å². The van der Waals surface area contributed by atoms with Gasteiger partial charge in [-0.1, -0.05) is 12.1 Å². The molecule has 1 aliphatic rings. The van der Waals surface area contributed by atoms with Crippen molar-refractivity contribution in [3.63, 3.8) is 0 Å². The predicted octanol–water partition coefficient (Wildman–Crippen LogP) is 1.21. The molecular weight excluding hydrogens is 256 g/mol. The quantitative estimate of drug-likeness (QED) is 0.849. The Bertz CT molecular complexity index is 456. The van der Waals surface area contributed by atoms with Gasteiger partial charge in [0.25, 0.3) is 0 Å². The first-order valence-corrected chi connectivity index (χ1v) is 7.01. The molecule has 0 bridgehead atoms. The van der Waals surface area contributed by atoms with Crippen LogP contribution in [0.4, 0.5) is 0 Å². The Balaban J connectivity index is 1.91. The number of carbonyl (C=O) groups is 1. The summed E-state index contributed by atoms with van der Waals surface area (Å²) in [7, 11) is 0. The van der Waals surface area contributed by atoms with Crippen LogP contribution in [0.1, 0.15) is 25.3 Å². The van der Waals surface area contributed by atoms with Crippen LogP contribution in [0.5, 0.6) is 5.75 Å². The van der Waals surface area contributed by atoms with Crippen molar-refractivity contribution >= 4 is 5.91 Å². The molecule has 0 aromatic heterocycles. The number of hydrogen-bond donors (Lipinski definition) is 2. The zero-order valence-electron chi connectivity index (χ0n) is 11.9. The smallest absolute Gasteiger partial charge is 0.240 e. The zero-order chi connectivity index (χ0) is 14.4. The fraction of sp³-hybridized carbons (Fsp3) is 0.533. The summed E-state index contributed by atoms with van der Waals surface area (Å²) in [5, 5.41) is 2.90. The maximum Gasteiger partial charge on any atom is 0.240 e. The minimum absolute atomic E-state index is 0.109. The number of benzene rings is 1. The molecule has 5 heteroatoms. The van der Waals surface area contributed by atoms with E-state index in [1.165, 1.54) is 0 Å². The van der Waals surface area contributed by atoms with Crippen LogP contribution in [0.2, 0.25) is 0 Å². The lowest BCUT2D eigenvalue weighted by atomic mass is 9.90. The number of hydrogen-bond acceptors (Lipinski definition) is 4. The summed E-state index contributed by atoms with van der Waals surface area (Å²) in [5.74, 6) is 0.704. The van der Waals surface area contributed by atoms with Crippen molar-refractivity contribution in [2.45, 2.75) is 31.8 Å². The van der Waals surface area contributed by atoms with Crippen molar-refractivity contribution in [2.75, 3.05) is 19.8 Å². The van der Waals surface area contributed by atoms with E-state index in [-0.39, 0.29) is 5.91 Å². The van der Waals surface area contributed by atoms with E-state index in [4.69, 9.17) is 15.2 Å². The van der Waals surface area contributed by atoms with E-state index in [1.807, 2.05) is 31.2 Å². The molecule has 3 N–H and O–H groups in total. The molecule has 1 fully saturated rings. The van der Waals surface area contributed by atoms with Gasteiger partial charge in [0.15, 0.2) is 0 Å². The largest absolute Gasteiger partial charge is 0.494 e. The highest BCUT2D eigenvalue weighted by Crippen LogP contribution is 2.18. The molecule has 0 unspecified atom stereocenters. The summed E-state index contributed by atoms with van der Waals surface area (Å²) in [5.41, 5.74) is 6.33. The first kappa shape index (κ1) is 14.8. The third-order valence-corrected chi connectivity index (χ3v) is 3.50. The molecule has 0 saturated carbocycles. The van der Waals surface area contributed by atoms with Gasteiger partial charge < -0.3 is 20.5 Å². The van der Waals surface area contributed by atoms with Gasteiger partial charge >= 0.3 is 0 Å². The molecule has 0 aliphatic carbocycles. The minimum Gasteiger partial charge on any atom is -0.494 e.